The van der Waals surface area contributed by atoms with E-state index in [2.05, 4.69) is 14.9 Å². The second-order valence-corrected chi connectivity index (χ2v) is 8.83. The van der Waals surface area contributed by atoms with Crippen molar-refractivity contribution < 1.29 is 14.3 Å². The molecule has 3 rings (SSSR count). The molecule has 2 amide bonds. The van der Waals surface area contributed by atoms with Crippen molar-refractivity contribution in [3.05, 3.63) is 70.7 Å². The van der Waals surface area contributed by atoms with Crippen LogP contribution in [0.3, 0.4) is 0 Å². The summed E-state index contributed by atoms with van der Waals surface area (Å²) in [4.78, 5) is 28.5. The molecule has 0 aliphatic rings. The van der Waals surface area contributed by atoms with Gasteiger partial charge in [0.2, 0.25) is 5.91 Å². The van der Waals surface area contributed by atoms with Crippen molar-refractivity contribution in [1.82, 2.24) is 14.9 Å². The van der Waals surface area contributed by atoms with E-state index in [9.17, 15) is 9.59 Å². The first kappa shape index (κ1) is 22.4. The van der Waals surface area contributed by atoms with Crippen molar-refractivity contribution in [3.63, 3.8) is 0 Å². The highest BCUT2D eigenvalue weighted by Gasteiger charge is 2.35. The molecule has 2 aromatic carbocycles. The first-order chi connectivity index (χ1) is 14.7. The second-order valence-electron chi connectivity index (χ2n) is 8.22. The Bertz CT molecular complexity index is 1030. The Kier molecular flexibility index (Phi) is 6.70. The highest BCUT2D eigenvalue weighted by Crippen LogP contribution is 2.31. The molecule has 0 bridgehead atoms. The van der Waals surface area contributed by atoms with E-state index in [1.807, 2.05) is 52.0 Å². The van der Waals surface area contributed by atoms with Crippen LogP contribution in [-0.4, -0.2) is 34.1 Å². The molecule has 0 radical (unpaired) electrons. The summed E-state index contributed by atoms with van der Waals surface area (Å²) >= 11 is 1.09. The van der Waals surface area contributed by atoms with E-state index in [-0.39, 0.29) is 11.6 Å². The number of hydrogen-bond acceptors (Lipinski definition) is 6. The Morgan fingerprint density at radius 2 is 1.71 bits per heavy atom. The summed E-state index contributed by atoms with van der Waals surface area (Å²) in [7, 11) is 1.57. The standard InChI is InChI=1S/C23H26N4O3S/c1-15-6-8-16(9-7-15)20(21(28)24-23(2,3)4)27(22(29)19-14-31-26-25-19)17-10-12-18(30-5)13-11-17/h6-14,20H,1-5H3,(H,24,28). The molecule has 31 heavy (non-hydrogen) atoms. The first-order valence-electron chi connectivity index (χ1n) is 9.83. The normalized spacial score (nSPS) is 12.2. The highest BCUT2D eigenvalue weighted by molar-refractivity contribution is 7.03. The molecular weight excluding hydrogens is 412 g/mol. The number of benzene rings is 2. The summed E-state index contributed by atoms with van der Waals surface area (Å²) < 4.78 is 9.07. The van der Waals surface area contributed by atoms with Crippen LogP contribution in [0, 0.1) is 6.92 Å². The molecular formula is C23H26N4O3S. The van der Waals surface area contributed by atoms with Gasteiger partial charge in [-0.25, -0.2) is 0 Å². The van der Waals surface area contributed by atoms with Gasteiger partial charge < -0.3 is 10.1 Å². The van der Waals surface area contributed by atoms with Crippen LogP contribution in [0.1, 0.15) is 48.4 Å². The Hall–Kier alpha value is -3.26. The van der Waals surface area contributed by atoms with Crippen molar-refractivity contribution in [2.45, 2.75) is 39.3 Å². The number of hydrogen-bond donors (Lipinski definition) is 1. The van der Waals surface area contributed by atoms with Crippen LogP contribution in [-0.2, 0) is 4.79 Å². The fraction of sp³-hybridized carbons (Fsp3) is 0.304. The number of aromatic nitrogens is 2. The van der Waals surface area contributed by atoms with Gasteiger partial charge in [0.25, 0.3) is 5.91 Å². The fourth-order valence-corrected chi connectivity index (χ4v) is 3.54. The van der Waals surface area contributed by atoms with Gasteiger partial charge in [0, 0.05) is 16.6 Å². The van der Waals surface area contributed by atoms with E-state index < -0.39 is 17.5 Å². The maximum absolute atomic E-state index is 13.5. The van der Waals surface area contributed by atoms with Crippen LogP contribution >= 0.6 is 11.5 Å². The van der Waals surface area contributed by atoms with Crippen molar-refractivity contribution >= 4 is 29.0 Å². The third-order valence-corrected chi connectivity index (χ3v) is 5.05. The average Bonchev–Trinajstić information content (AvgIpc) is 3.26. The zero-order valence-corrected chi connectivity index (χ0v) is 19.1. The van der Waals surface area contributed by atoms with Gasteiger partial charge in [-0.15, -0.1) is 5.10 Å². The molecule has 1 N–H and O–H groups in total. The number of carbonyl (C=O) groups is 2. The molecule has 1 unspecified atom stereocenters. The maximum Gasteiger partial charge on any atom is 0.280 e. The first-order valence-corrected chi connectivity index (χ1v) is 10.7. The van der Waals surface area contributed by atoms with Gasteiger partial charge in [0.05, 0.1) is 7.11 Å². The summed E-state index contributed by atoms with van der Waals surface area (Å²) in [5.41, 5.74) is 2.01. The topological polar surface area (TPSA) is 84.4 Å². The third kappa shape index (κ3) is 5.46. The number of aryl methyl sites for hydroxylation is 1. The smallest absolute Gasteiger partial charge is 0.280 e. The fourth-order valence-electron chi connectivity index (χ4n) is 3.11. The number of methoxy groups -OCH3 is 1. The SMILES string of the molecule is COc1ccc(N(C(=O)c2csnn2)C(C(=O)NC(C)(C)C)c2ccc(C)cc2)cc1. The number of rotatable bonds is 6. The minimum Gasteiger partial charge on any atom is -0.497 e. The van der Waals surface area contributed by atoms with Crippen LogP contribution < -0.4 is 15.0 Å². The van der Waals surface area contributed by atoms with E-state index >= 15 is 0 Å². The molecule has 0 fully saturated rings. The molecule has 1 aromatic heterocycles. The number of nitrogens with zero attached hydrogens (tertiary/aromatic N) is 3. The lowest BCUT2D eigenvalue weighted by molar-refractivity contribution is -0.123. The number of ether oxygens (including phenoxy) is 1. The molecule has 7 nitrogen and oxygen atoms in total. The highest BCUT2D eigenvalue weighted by atomic mass is 32.1. The van der Waals surface area contributed by atoms with E-state index in [1.54, 1.807) is 36.8 Å². The number of anilines is 1. The summed E-state index contributed by atoms with van der Waals surface area (Å²) in [5, 5.41) is 8.53. The van der Waals surface area contributed by atoms with E-state index in [0.29, 0.717) is 17.0 Å². The van der Waals surface area contributed by atoms with Gasteiger partial charge in [0.15, 0.2) is 5.69 Å². The van der Waals surface area contributed by atoms with E-state index in [0.717, 1.165) is 17.1 Å². The monoisotopic (exact) mass is 438 g/mol. The largest absolute Gasteiger partial charge is 0.497 e. The minimum atomic E-state index is -0.901. The average molecular weight is 439 g/mol. The molecule has 0 saturated carbocycles. The predicted molar refractivity (Wildman–Crippen MR) is 122 cm³/mol. The van der Waals surface area contributed by atoms with Gasteiger partial charge in [-0.05, 0) is 69.1 Å². The van der Waals surface area contributed by atoms with E-state index in [4.69, 9.17) is 4.74 Å². The molecule has 3 aromatic rings. The van der Waals surface area contributed by atoms with Crippen LogP contribution in [0.15, 0.2) is 53.9 Å². The maximum atomic E-state index is 13.5. The van der Waals surface area contributed by atoms with Crippen LogP contribution in [0.5, 0.6) is 5.75 Å². The predicted octanol–water partition coefficient (Wildman–Crippen LogP) is 4.16. The second kappa shape index (κ2) is 9.26. The molecule has 1 atom stereocenters. The molecule has 8 heteroatoms. The Labute approximate surface area is 186 Å². The number of nitrogens with one attached hydrogen (secondary N) is 1. The van der Waals surface area contributed by atoms with Crippen molar-refractivity contribution in [3.8, 4) is 5.75 Å². The lowest BCUT2D eigenvalue weighted by atomic mass is 9.99. The lowest BCUT2D eigenvalue weighted by Crippen LogP contribution is -2.49. The van der Waals surface area contributed by atoms with Crippen molar-refractivity contribution in [2.24, 2.45) is 0 Å². The summed E-state index contributed by atoms with van der Waals surface area (Å²) in [6.07, 6.45) is 0. The Morgan fingerprint density at radius 3 is 2.23 bits per heavy atom. The molecule has 162 valence electrons. The number of amides is 2. The van der Waals surface area contributed by atoms with Crippen molar-refractivity contribution in [2.75, 3.05) is 12.0 Å². The molecule has 1 heterocycles. The molecule has 0 aliphatic carbocycles. The third-order valence-electron chi connectivity index (χ3n) is 4.55. The van der Waals surface area contributed by atoms with Gasteiger partial charge >= 0.3 is 0 Å². The van der Waals surface area contributed by atoms with Gasteiger partial charge in [-0.2, -0.15) is 0 Å². The summed E-state index contributed by atoms with van der Waals surface area (Å²) in [6.45, 7) is 7.68. The zero-order chi connectivity index (χ0) is 22.6. The molecule has 0 aliphatic heterocycles. The van der Waals surface area contributed by atoms with Gasteiger partial charge in [-0.1, -0.05) is 34.3 Å². The molecule has 0 saturated heterocycles. The van der Waals surface area contributed by atoms with Crippen molar-refractivity contribution in [1.29, 1.82) is 0 Å². The summed E-state index contributed by atoms with van der Waals surface area (Å²) in [6, 6.07) is 13.7. The number of carbonyl (C=O) groups excluding carboxylic acids is 2. The van der Waals surface area contributed by atoms with Crippen LogP contribution in [0.4, 0.5) is 5.69 Å². The zero-order valence-electron chi connectivity index (χ0n) is 18.2. The van der Waals surface area contributed by atoms with Crippen LogP contribution in [0.25, 0.3) is 0 Å². The lowest BCUT2D eigenvalue weighted by Gasteiger charge is -2.33. The van der Waals surface area contributed by atoms with Crippen LogP contribution in [0.2, 0.25) is 0 Å². The summed E-state index contributed by atoms with van der Waals surface area (Å²) in [5.74, 6) is -0.0465. The quantitative estimate of drug-likeness (QED) is 0.625. The van der Waals surface area contributed by atoms with Gasteiger partial charge in [-0.3, -0.25) is 14.5 Å². The molecule has 0 spiro atoms. The van der Waals surface area contributed by atoms with Gasteiger partial charge in [0.1, 0.15) is 11.8 Å². The Morgan fingerprint density at radius 1 is 1.06 bits per heavy atom. The van der Waals surface area contributed by atoms with E-state index in [1.165, 1.54) is 4.90 Å². The Balaban J connectivity index is 2.16. The minimum absolute atomic E-state index is 0.182.